The number of benzene rings is 1. The third kappa shape index (κ3) is 3.01. The number of amides is 1. The second-order valence-corrected chi connectivity index (χ2v) is 5.01. The van der Waals surface area contributed by atoms with Gasteiger partial charge in [0.1, 0.15) is 5.82 Å². The molecule has 0 saturated carbocycles. The second kappa shape index (κ2) is 5.52. The Hall–Kier alpha value is -1.69. The van der Waals surface area contributed by atoms with E-state index in [1.807, 2.05) is 6.92 Å². The van der Waals surface area contributed by atoms with E-state index in [0.717, 1.165) is 5.69 Å². The van der Waals surface area contributed by atoms with Crippen molar-refractivity contribution in [1.82, 2.24) is 9.78 Å². The summed E-state index contributed by atoms with van der Waals surface area (Å²) >= 11 is 3.15. The molecule has 1 aromatic carbocycles. The van der Waals surface area contributed by atoms with Gasteiger partial charge in [-0.1, -0.05) is 22.9 Å². The first-order valence-electron chi connectivity index (χ1n) is 5.80. The van der Waals surface area contributed by atoms with E-state index in [0.29, 0.717) is 16.6 Å². The van der Waals surface area contributed by atoms with E-state index >= 15 is 0 Å². The summed E-state index contributed by atoms with van der Waals surface area (Å²) < 4.78 is 15.9. The Balaban J connectivity index is 2.25. The van der Waals surface area contributed by atoms with Crippen LogP contribution in [0, 0.1) is 5.82 Å². The normalized spacial score (nSPS) is 10.5. The third-order valence-corrected chi connectivity index (χ3v) is 3.16. The van der Waals surface area contributed by atoms with Crippen molar-refractivity contribution in [2.75, 3.05) is 5.32 Å². The number of nitrogens with zero attached hydrogens (tertiary/aromatic N) is 2. The molecular formula is C13H13BrFN3O. The highest BCUT2D eigenvalue weighted by atomic mass is 79.9. The molecule has 1 N–H and O–H groups in total. The van der Waals surface area contributed by atoms with E-state index in [1.54, 1.807) is 24.0 Å². The minimum atomic E-state index is -0.561. The summed E-state index contributed by atoms with van der Waals surface area (Å²) in [6.45, 7) is 1.94. The molecule has 0 aliphatic carbocycles. The number of hydrogen-bond donors (Lipinski definition) is 1. The topological polar surface area (TPSA) is 46.9 Å². The van der Waals surface area contributed by atoms with Crippen LogP contribution in [0.2, 0.25) is 0 Å². The number of halogens is 2. The number of hydrogen-bond acceptors (Lipinski definition) is 2. The lowest BCUT2D eigenvalue weighted by Gasteiger charge is -2.05. The van der Waals surface area contributed by atoms with Crippen molar-refractivity contribution in [3.63, 3.8) is 0 Å². The Labute approximate surface area is 118 Å². The molecule has 0 fully saturated rings. The summed E-state index contributed by atoms with van der Waals surface area (Å²) in [7, 11) is 1.77. The number of nitrogens with one attached hydrogen (secondary N) is 1. The molecule has 0 radical (unpaired) electrons. The average Bonchev–Trinajstić information content (AvgIpc) is 2.69. The minimum Gasteiger partial charge on any atom is -0.319 e. The molecule has 0 atom stereocenters. The zero-order valence-corrected chi connectivity index (χ0v) is 12.2. The highest BCUT2D eigenvalue weighted by Gasteiger charge is 2.15. The molecule has 2 aromatic rings. The van der Waals surface area contributed by atoms with Crippen LogP contribution in [0.25, 0.3) is 0 Å². The van der Waals surface area contributed by atoms with Crippen molar-refractivity contribution in [2.24, 2.45) is 7.05 Å². The molecule has 100 valence electrons. The van der Waals surface area contributed by atoms with E-state index in [4.69, 9.17) is 0 Å². The predicted molar refractivity (Wildman–Crippen MR) is 74.6 cm³/mol. The molecule has 1 amide bonds. The zero-order chi connectivity index (χ0) is 14.0. The van der Waals surface area contributed by atoms with Crippen molar-refractivity contribution < 1.29 is 9.18 Å². The Morgan fingerprint density at radius 2 is 2.26 bits per heavy atom. The van der Waals surface area contributed by atoms with E-state index in [9.17, 15) is 9.18 Å². The van der Waals surface area contributed by atoms with Gasteiger partial charge in [-0.3, -0.25) is 9.48 Å². The zero-order valence-electron chi connectivity index (χ0n) is 10.6. The fourth-order valence-corrected chi connectivity index (χ4v) is 2.10. The maximum absolute atomic E-state index is 13.7. The van der Waals surface area contributed by atoms with Gasteiger partial charge >= 0.3 is 0 Å². The Bertz CT molecular complexity index is 624. The van der Waals surface area contributed by atoms with Crippen LogP contribution in [-0.2, 0) is 13.5 Å². The number of aromatic nitrogens is 2. The summed E-state index contributed by atoms with van der Waals surface area (Å²) in [5, 5.41) is 6.89. The summed E-state index contributed by atoms with van der Waals surface area (Å²) in [5.41, 5.74) is 1.39. The summed E-state index contributed by atoms with van der Waals surface area (Å²) in [4.78, 5) is 12.0. The first-order chi connectivity index (χ1) is 9.01. The lowest BCUT2D eigenvalue weighted by Crippen LogP contribution is -2.14. The van der Waals surface area contributed by atoms with E-state index < -0.39 is 11.7 Å². The van der Waals surface area contributed by atoms with E-state index in [2.05, 4.69) is 26.3 Å². The van der Waals surface area contributed by atoms with Gasteiger partial charge in [-0.05, 0) is 24.6 Å². The molecule has 0 bridgehead atoms. The SMILES string of the molecule is CCc1nn(C)cc1NC(=O)c1ccc(Br)cc1F. The standard InChI is InChI=1S/C13H13BrFN3O/c1-3-11-12(7-18(2)17-11)16-13(19)9-5-4-8(14)6-10(9)15/h4-7H,3H2,1-2H3,(H,16,19). The fraction of sp³-hybridized carbons (Fsp3) is 0.231. The van der Waals surface area contributed by atoms with Crippen LogP contribution in [0.1, 0.15) is 23.0 Å². The monoisotopic (exact) mass is 325 g/mol. The van der Waals surface area contributed by atoms with E-state index in [1.165, 1.54) is 12.1 Å². The molecule has 4 nitrogen and oxygen atoms in total. The molecule has 19 heavy (non-hydrogen) atoms. The van der Waals surface area contributed by atoms with Crippen LogP contribution >= 0.6 is 15.9 Å². The quantitative estimate of drug-likeness (QED) is 0.942. The van der Waals surface area contributed by atoms with Gasteiger partial charge in [0.25, 0.3) is 5.91 Å². The van der Waals surface area contributed by atoms with Gasteiger partial charge in [0.05, 0.1) is 16.9 Å². The van der Waals surface area contributed by atoms with Crippen molar-refractivity contribution in [2.45, 2.75) is 13.3 Å². The summed E-state index contributed by atoms with van der Waals surface area (Å²) in [5.74, 6) is -1.04. The Kier molecular flexibility index (Phi) is 3.99. The third-order valence-electron chi connectivity index (χ3n) is 2.66. The van der Waals surface area contributed by atoms with Gasteiger partial charge in [-0.15, -0.1) is 0 Å². The largest absolute Gasteiger partial charge is 0.319 e. The minimum absolute atomic E-state index is 0.00843. The second-order valence-electron chi connectivity index (χ2n) is 4.09. The van der Waals surface area contributed by atoms with Gasteiger partial charge in [0.15, 0.2) is 0 Å². The molecule has 0 aliphatic rings. The fourth-order valence-electron chi connectivity index (χ4n) is 1.76. The van der Waals surface area contributed by atoms with Crippen LogP contribution in [0.5, 0.6) is 0 Å². The van der Waals surface area contributed by atoms with Gasteiger partial charge in [-0.25, -0.2) is 4.39 Å². The smallest absolute Gasteiger partial charge is 0.258 e. The molecule has 0 spiro atoms. The number of carbonyl (C=O) groups is 1. The molecule has 6 heteroatoms. The predicted octanol–water partition coefficient (Wildman–Crippen LogP) is 3.14. The lowest BCUT2D eigenvalue weighted by molar-refractivity contribution is 0.102. The van der Waals surface area contributed by atoms with Gasteiger partial charge in [0.2, 0.25) is 0 Å². The molecular weight excluding hydrogens is 313 g/mol. The molecule has 1 heterocycles. The van der Waals surface area contributed by atoms with Crippen LogP contribution in [0.3, 0.4) is 0 Å². The van der Waals surface area contributed by atoms with Crippen molar-refractivity contribution in [3.05, 3.63) is 45.9 Å². The number of anilines is 1. The number of aryl methyl sites for hydroxylation is 2. The lowest BCUT2D eigenvalue weighted by atomic mass is 10.2. The van der Waals surface area contributed by atoms with Crippen LogP contribution < -0.4 is 5.32 Å². The molecule has 0 unspecified atom stereocenters. The maximum atomic E-state index is 13.7. The Morgan fingerprint density at radius 1 is 1.53 bits per heavy atom. The van der Waals surface area contributed by atoms with E-state index in [-0.39, 0.29) is 5.56 Å². The number of carbonyl (C=O) groups excluding carboxylic acids is 1. The van der Waals surface area contributed by atoms with Gasteiger partial charge < -0.3 is 5.32 Å². The van der Waals surface area contributed by atoms with Crippen molar-refractivity contribution >= 4 is 27.5 Å². The van der Waals surface area contributed by atoms with Gasteiger partial charge in [-0.2, -0.15) is 5.10 Å². The van der Waals surface area contributed by atoms with Gasteiger partial charge in [0, 0.05) is 17.7 Å². The average molecular weight is 326 g/mol. The maximum Gasteiger partial charge on any atom is 0.258 e. The molecule has 1 aromatic heterocycles. The van der Waals surface area contributed by atoms with Crippen molar-refractivity contribution in [1.29, 1.82) is 0 Å². The van der Waals surface area contributed by atoms with Crippen LogP contribution in [-0.4, -0.2) is 15.7 Å². The molecule has 2 rings (SSSR count). The summed E-state index contributed by atoms with van der Waals surface area (Å²) in [6.07, 6.45) is 2.40. The Morgan fingerprint density at radius 3 is 2.89 bits per heavy atom. The van der Waals surface area contributed by atoms with Crippen LogP contribution in [0.4, 0.5) is 10.1 Å². The molecule has 0 aliphatic heterocycles. The highest BCUT2D eigenvalue weighted by molar-refractivity contribution is 9.10. The van der Waals surface area contributed by atoms with Crippen LogP contribution in [0.15, 0.2) is 28.9 Å². The first kappa shape index (κ1) is 13.7. The highest BCUT2D eigenvalue weighted by Crippen LogP contribution is 2.18. The number of rotatable bonds is 3. The molecule has 0 saturated heterocycles. The first-order valence-corrected chi connectivity index (χ1v) is 6.59. The van der Waals surface area contributed by atoms with Crippen molar-refractivity contribution in [3.8, 4) is 0 Å². The summed E-state index contributed by atoms with van der Waals surface area (Å²) in [6, 6.07) is 4.33.